The van der Waals surface area contributed by atoms with Crippen LogP contribution in [0.25, 0.3) is 0 Å². The van der Waals surface area contributed by atoms with Crippen molar-refractivity contribution < 1.29 is 58.6 Å². The van der Waals surface area contributed by atoms with E-state index in [-0.39, 0.29) is 73.6 Å². The van der Waals surface area contributed by atoms with Crippen LogP contribution in [0, 0.1) is 35.5 Å². The zero-order valence-corrected chi connectivity index (χ0v) is 39.8. The van der Waals surface area contributed by atoms with Gasteiger partial charge in [-0.25, -0.2) is 4.79 Å². The lowest BCUT2D eigenvalue weighted by Crippen LogP contribution is -2.61. The molecular weight excluding hydrogens is 819 g/mol. The number of rotatable bonds is 4. The van der Waals surface area contributed by atoms with Crippen LogP contribution in [0.15, 0.2) is 47.6 Å². The van der Waals surface area contributed by atoms with E-state index in [2.05, 4.69) is 0 Å². The maximum atomic E-state index is 14.2. The molecule has 4 aliphatic rings. The average Bonchev–Trinajstić information content (AvgIpc) is 3.25. The number of aliphatic hydroxyl groups is 4. The van der Waals surface area contributed by atoms with Crippen LogP contribution in [0.2, 0.25) is 0 Å². The molecule has 0 radical (unpaired) electrons. The predicted octanol–water partition coefficient (Wildman–Crippen LogP) is 6.68. The smallest absolute Gasteiger partial charge is 0.329 e. The summed E-state index contributed by atoms with van der Waals surface area (Å²) in [4.78, 5) is 70.4. The van der Waals surface area contributed by atoms with Crippen LogP contribution in [0.1, 0.15) is 145 Å². The molecule has 13 nitrogen and oxygen atoms in total. The summed E-state index contributed by atoms with van der Waals surface area (Å²) in [5.74, 6) is -7.25. The first kappa shape index (κ1) is 53.3. The Bertz CT molecular complexity index is 1710. The number of esters is 1. The summed E-state index contributed by atoms with van der Waals surface area (Å²) in [6, 6.07) is -1.11. The van der Waals surface area contributed by atoms with Gasteiger partial charge < -0.3 is 39.5 Å². The fraction of sp³-hybridized carbons (Fsp3) is 0.745. The first-order valence-electron chi connectivity index (χ1n) is 24.0. The van der Waals surface area contributed by atoms with Gasteiger partial charge in [-0.1, -0.05) is 71.1 Å². The number of ketones is 3. The Kier molecular flexibility index (Phi) is 20.8. The van der Waals surface area contributed by atoms with E-state index in [4.69, 9.17) is 14.2 Å². The number of cyclic esters (lactones) is 1. The van der Waals surface area contributed by atoms with Crippen molar-refractivity contribution >= 4 is 29.2 Å². The van der Waals surface area contributed by atoms with E-state index in [1.807, 2.05) is 58.1 Å². The molecule has 360 valence electrons. The molecule has 1 unspecified atom stereocenters. The van der Waals surface area contributed by atoms with Crippen LogP contribution < -0.4 is 0 Å². The quantitative estimate of drug-likeness (QED) is 0.133. The summed E-state index contributed by atoms with van der Waals surface area (Å²) in [5, 5.41) is 44.4. The minimum absolute atomic E-state index is 0.0503. The van der Waals surface area contributed by atoms with Gasteiger partial charge in [0.15, 0.2) is 0 Å². The number of amides is 1. The van der Waals surface area contributed by atoms with E-state index in [9.17, 15) is 44.4 Å². The van der Waals surface area contributed by atoms with Gasteiger partial charge in [-0.15, -0.1) is 0 Å². The molecule has 1 saturated carbocycles. The number of ether oxygens (including phenoxy) is 3. The fourth-order valence-electron chi connectivity index (χ4n) is 9.92. The van der Waals surface area contributed by atoms with Gasteiger partial charge in [0.2, 0.25) is 5.79 Å². The highest BCUT2D eigenvalue weighted by Crippen LogP contribution is 2.37. The Balaban J connectivity index is 1.64. The highest BCUT2D eigenvalue weighted by Gasteiger charge is 2.53. The molecule has 0 aromatic rings. The lowest BCUT2D eigenvalue weighted by Gasteiger charge is -2.42. The summed E-state index contributed by atoms with van der Waals surface area (Å²) in [6.07, 6.45) is 13.2. The maximum absolute atomic E-state index is 14.2. The molecule has 13 heteroatoms. The van der Waals surface area contributed by atoms with Gasteiger partial charge in [0.1, 0.15) is 23.7 Å². The average molecular weight is 898 g/mol. The number of allylic oxidation sites excluding steroid dienone is 6. The summed E-state index contributed by atoms with van der Waals surface area (Å²) >= 11 is 0. The van der Waals surface area contributed by atoms with E-state index >= 15 is 0 Å². The normalized spacial score (nSPS) is 40.1. The summed E-state index contributed by atoms with van der Waals surface area (Å²) < 4.78 is 18.2. The van der Waals surface area contributed by atoms with Gasteiger partial charge in [-0.05, 0) is 113 Å². The van der Waals surface area contributed by atoms with Crippen molar-refractivity contribution in [3.05, 3.63) is 47.6 Å². The summed E-state index contributed by atoms with van der Waals surface area (Å²) in [7, 11) is 1.58. The van der Waals surface area contributed by atoms with E-state index in [0.29, 0.717) is 63.4 Å². The third-order valence-electron chi connectivity index (χ3n) is 14.4. The molecule has 1 amide bonds. The van der Waals surface area contributed by atoms with Gasteiger partial charge >= 0.3 is 5.97 Å². The van der Waals surface area contributed by atoms with Crippen molar-refractivity contribution in [1.82, 2.24) is 4.90 Å². The van der Waals surface area contributed by atoms with E-state index in [1.54, 1.807) is 34.0 Å². The molecule has 64 heavy (non-hydrogen) atoms. The van der Waals surface area contributed by atoms with Gasteiger partial charge in [0.05, 0.1) is 30.5 Å². The van der Waals surface area contributed by atoms with Crippen molar-refractivity contribution in [1.29, 1.82) is 0 Å². The number of carbonyl (C=O) groups excluding carboxylic acids is 5. The maximum Gasteiger partial charge on any atom is 0.329 e. The zero-order valence-electron chi connectivity index (χ0n) is 39.8. The lowest BCUT2D eigenvalue weighted by molar-refractivity contribution is -0.265. The molecule has 12 atom stereocenters. The first-order valence-corrected chi connectivity index (χ1v) is 24.0. The van der Waals surface area contributed by atoms with Gasteiger partial charge in [-0.2, -0.15) is 0 Å². The highest BCUT2D eigenvalue weighted by atomic mass is 16.6. The van der Waals surface area contributed by atoms with Gasteiger partial charge in [0.25, 0.3) is 11.7 Å². The number of fused-ring (bicyclic) bond motifs is 3. The van der Waals surface area contributed by atoms with Crippen molar-refractivity contribution in [2.45, 2.75) is 193 Å². The molecule has 3 fully saturated rings. The predicted molar refractivity (Wildman–Crippen MR) is 243 cm³/mol. The Hall–Kier alpha value is -3.33. The molecule has 0 spiro atoms. The highest BCUT2D eigenvalue weighted by molar-refractivity contribution is 6.39. The second kappa shape index (κ2) is 25.0. The molecule has 4 rings (SSSR count). The molecule has 0 aromatic carbocycles. The van der Waals surface area contributed by atoms with Gasteiger partial charge in [-0.3, -0.25) is 19.2 Å². The summed E-state index contributed by atoms with van der Waals surface area (Å²) in [6.45, 7) is 12.9. The lowest BCUT2D eigenvalue weighted by atomic mass is 9.80. The minimum atomic E-state index is -2.42. The van der Waals surface area contributed by atoms with E-state index < -0.39 is 71.8 Å². The second-order valence-electron chi connectivity index (χ2n) is 19.8. The van der Waals surface area contributed by atoms with Gasteiger partial charge in [0, 0.05) is 57.1 Å². The molecule has 4 N–H and O–H groups in total. The molecule has 2 bridgehead atoms. The summed E-state index contributed by atoms with van der Waals surface area (Å²) in [5.41, 5.74) is 1.38. The van der Waals surface area contributed by atoms with Crippen molar-refractivity contribution in [2.75, 3.05) is 13.7 Å². The van der Waals surface area contributed by atoms with E-state index in [1.165, 1.54) is 4.90 Å². The number of nitrogens with zero attached hydrogens (tertiary/aromatic N) is 1. The minimum Gasteiger partial charge on any atom is -0.460 e. The number of carbonyl (C=O) groups is 5. The zero-order chi connectivity index (χ0) is 47.3. The number of piperidine rings is 1. The second-order valence-corrected chi connectivity index (χ2v) is 19.8. The van der Waals surface area contributed by atoms with Crippen LogP contribution in [0.5, 0.6) is 0 Å². The fourth-order valence-corrected chi connectivity index (χ4v) is 9.92. The molecular formula is C51H79NO12. The molecule has 3 heterocycles. The third-order valence-corrected chi connectivity index (χ3v) is 14.4. The van der Waals surface area contributed by atoms with Crippen LogP contribution >= 0.6 is 0 Å². The first-order chi connectivity index (χ1) is 30.2. The number of hydrogen-bond donors (Lipinski definition) is 4. The number of hydrogen-bond acceptors (Lipinski definition) is 12. The van der Waals surface area contributed by atoms with Crippen molar-refractivity contribution in [3.63, 3.8) is 0 Å². The Morgan fingerprint density at radius 2 is 1.52 bits per heavy atom. The van der Waals surface area contributed by atoms with Crippen molar-refractivity contribution in [2.24, 2.45) is 35.5 Å². The third kappa shape index (κ3) is 15.1. The number of methoxy groups -OCH3 is 1. The topological polar surface area (TPSA) is 197 Å². The monoisotopic (exact) mass is 898 g/mol. The van der Waals surface area contributed by atoms with Crippen LogP contribution in [-0.4, -0.2) is 117 Å². The van der Waals surface area contributed by atoms with Crippen LogP contribution in [0.4, 0.5) is 0 Å². The SMILES string of the molecule is CO[C@H]1C[C@@H]2CC[C@@H](C)[C@@](O)(O2)C(=O)C(=O)N2CCCC[C@H]2C(=O)O[C@H]([C@H](C)CC2CCC(O)CC2)CC(O)CC(=O)[C@H](C)/C=C(\C)[C@@H](O)CC(=O)[C@@H](C)C[C@H](C)/C=C/C=C/C=C/1C. The molecule has 1 aliphatic carbocycles. The molecule has 0 aromatic heterocycles. The van der Waals surface area contributed by atoms with E-state index in [0.717, 1.165) is 18.4 Å². The number of Topliss-reactive ketones (excluding diaryl/α,β-unsaturated/α-hetero) is 3. The molecule has 2 saturated heterocycles. The standard InChI is InChI=1S/C51H79NO12/c1-31-14-10-9-11-15-32(2)46(62-8)29-41-22-17-37(7)51(61,64-41)48(58)49(59)52-23-13-12-16-42(52)50(60)63-47(36(6)26-38-18-20-39(53)21-19-38)28-40(54)27-43(55)34(4)25-35(5)45(57)30-44(56)33(3)24-31/h9-11,14-15,25,31,33-34,36-42,45-47,53-54,57,61H,12-13,16-24,26-30H2,1-8H3/b11-9+,14-10+,32-15+,35-25+/t31-,33+,34-,36-,37-,38?,39?,40?,41+,42+,45+,46+,47+,51-/m1/s1. The Labute approximate surface area is 381 Å². The Morgan fingerprint density at radius 1 is 0.812 bits per heavy atom. The molecule has 3 aliphatic heterocycles. The van der Waals surface area contributed by atoms with Crippen molar-refractivity contribution in [3.8, 4) is 0 Å². The van der Waals surface area contributed by atoms with Crippen LogP contribution in [-0.2, 0) is 38.2 Å². The number of aliphatic hydroxyl groups excluding tert-OH is 3. The van der Waals surface area contributed by atoms with Crippen LogP contribution in [0.3, 0.4) is 0 Å². The Morgan fingerprint density at radius 3 is 2.20 bits per heavy atom. The largest absolute Gasteiger partial charge is 0.460 e.